The van der Waals surface area contributed by atoms with Crippen molar-refractivity contribution in [1.29, 1.82) is 0 Å². The average Bonchev–Trinajstić information content (AvgIpc) is 2.15. The van der Waals surface area contributed by atoms with Gasteiger partial charge in [0.1, 0.15) is 0 Å². The summed E-state index contributed by atoms with van der Waals surface area (Å²) in [5.74, 6) is 3.20. The van der Waals surface area contributed by atoms with Gasteiger partial charge in [-0.1, -0.05) is 48.0 Å². The molecule has 2 atom stereocenters. The van der Waals surface area contributed by atoms with Crippen LogP contribution < -0.4 is 5.32 Å². The lowest BCUT2D eigenvalue weighted by molar-refractivity contribution is 0.292. The first-order chi connectivity index (χ1) is 7.34. The second-order valence-corrected chi connectivity index (χ2v) is 6.42. The summed E-state index contributed by atoms with van der Waals surface area (Å²) >= 11 is 0. The molecule has 1 nitrogen and oxygen atoms in total. The van der Waals surface area contributed by atoms with Crippen LogP contribution in [0.4, 0.5) is 0 Å². The van der Waals surface area contributed by atoms with Gasteiger partial charge in [-0.15, -0.1) is 0 Å². The summed E-state index contributed by atoms with van der Waals surface area (Å²) in [4.78, 5) is 0. The van der Waals surface area contributed by atoms with Crippen LogP contribution in [0.5, 0.6) is 0 Å². The van der Waals surface area contributed by atoms with Crippen LogP contribution in [0.1, 0.15) is 61.3 Å². The number of hydrogen-bond acceptors (Lipinski definition) is 1. The van der Waals surface area contributed by atoms with Crippen LogP contribution in [0.15, 0.2) is 0 Å². The van der Waals surface area contributed by atoms with Gasteiger partial charge in [-0.25, -0.2) is 0 Å². The maximum Gasteiger partial charge on any atom is 0.00618 e. The Morgan fingerprint density at radius 3 is 1.69 bits per heavy atom. The molecule has 0 aromatic heterocycles. The Morgan fingerprint density at radius 2 is 1.31 bits per heavy atom. The van der Waals surface area contributed by atoms with Gasteiger partial charge in [0.05, 0.1) is 0 Å². The molecule has 16 heavy (non-hydrogen) atoms. The molecule has 0 radical (unpaired) electrons. The molecule has 0 aromatic carbocycles. The fraction of sp³-hybridized carbons (Fsp3) is 1.00. The quantitative estimate of drug-likeness (QED) is 0.651. The highest BCUT2D eigenvalue weighted by molar-refractivity contribution is 4.71. The van der Waals surface area contributed by atoms with E-state index < -0.39 is 0 Å². The Labute approximate surface area is 103 Å². The van der Waals surface area contributed by atoms with Crippen LogP contribution in [-0.4, -0.2) is 12.6 Å². The van der Waals surface area contributed by atoms with Gasteiger partial charge < -0.3 is 5.32 Å². The van der Waals surface area contributed by atoms with Gasteiger partial charge in [-0.05, 0) is 43.6 Å². The highest BCUT2D eigenvalue weighted by atomic mass is 14.9. The van der Waals surface area contributed by atoms with Gasteiger partial charge in [0.25, 0.3) is 0 Å². The van der Waals surface area contributed by atoms with Gasteiger partial charge in [0.2, 0.25) is 0 Å². The predicted octanol–water partition coefficient (Wildman–Crippen LogP) is 4.33. The van der Waals surface area contributed by atoms with Crippen molar-refractivity contribution in [2.24, 2.45) is 23.7 Å². The molecule has 0 rings (SSSR count). The molecule has 98 valence electrons. The second kappa shape index (κ2) is 8.11. The third kappa shape index (κ3) is 7.27. The molecule has 2 unspecified atom stereocenters. The summed E-state index contributed by atoms with van der Waals surface area (Å²) in [6.45, 7) is 17.4. The zero-order chi connectivity index (χ0) is 12.7. The van der Waals surface area contributed by atoms with E-state index in [1.165, 1.54) is 19.4 Å². The molecule has 0 aliphatic heterocycles. The smallest absolute Gasteiger partial charge is 0.00618 e. The minimum absolute atomic E-state index is 0.639. The van der Waals surface area contributed by atoms with Crippen LogP contribution in [0, 0.1) is 23.7 Å². The normalized spacial score (nSPS) is 16.1. The SMILES string of the molecule is CC(C)CCC(CNC(C)C(C)C)C(C)C. The zero-order valence-electron chi connectivity index (χ0n) is 12.5. The molecular weight excluding hydrogens is 194 g/mol. The van der Waals surface area contributed by atoms with Crippen molar-refractivity contribution in [2.45, 2.75) is 67.3 Å². The van der Waals surface area contributed by atoms with E-state index in [1.54, 1.807) is 0 Å². The van der Waals surface area contributed by atoms with Crippen molar-refractivity contribution in [3.63, 3.8) is 0 Å². The van der Waals surface area contributed by atoms with Gasteiger partial charge in [0.15, 0.2) is 0 Å². The Balaban J connectivity index is 3.94. The summed E-state index contributed by atoms with van der Waals surface area (Å²) in [5.41, 5.74) is 0. The average molecular weight is 227 g/mol. The molecule has 0 aromatic rings. The third-order valence-electron chi connectivity index (χ3n) is 3.76. The largest absolute Gasteiger partial charge is 0.314 e. The molecule has 1 heteroatoms. The summed E-state index contributed by atoms with van der Waals surface area (Å²) in [7, 11) is 0. The van der Waals surface area contributed by atoms with Crippen LogP contribution in [0.3, 0.4) is 0 Å². The van der Waals surface area contributed by atoms with E-state index >= 15 is 0 Å². The van der Waals surface area contributed by atoms with E-state index in [0.717, 1.165) is 23.7 Å². The molecule has 1 N–H and O–H groups in total. The van der Waals surface area contributed by atoms with Crippen LogP contribution in [0.25, 0.3) is 0 Å². The zero-order valence-corrected chi connectivity index (χ0v) is 12.5. The van der Waals surface area contributed by atoms with Crippen molar-refractivity contribution in [1.82, 2.24) is 5.32 Å². The summed E-state index contributed by atoms with van der Waals surface area (Å²) in [6.07, 6.45) is 2.73. The molecular formula is C15H33N. The Kier molecular flexibility index (Phi) is 8.09. The maximum atomic E-state index is 3.69. The molecule has 0 bridgehead atoms. The molecule has 0 heterocycles. The summed E-state index contributed by atoms with van der Waals surface area (Å²) in [6, 6.07) is 0.639. The van der Waals surface area contributed by atoms with Crippen molar-refractivity contribution in [2.75, 3.05) is 6.54 Å². The number of rotatable bonds is 8. The Morgan fingerprint density at radius 1 is 0.750 bits per heavy atom. The topological polar surface area (TPSA) is 12.0 Å². The van der Waals surface area contributed by atoms with E-state index in [-0.39, 0.29) is 0 Å². The standard InChI is InChI=1S/C15H33N/c1-11(2)8-9-15(13(5)6)10-16-14(7)12(3)4/h11-16H,8-10H2,1-7H3. The monoisotopic (exact) mass is 227 g/mol. The first-order valence-corrected chi connectivity index (χ1v) is 7.08. The molecule has 0 saturated heterocycles. The lowest BCUT2D eigenvalue weighted by atomic mass is 9.88. The first kappa shape index (κ1) is 16.0. The maximum absolute atomic E-state index is 3.69. The van der Waals surface area contributed by atoms with Crippen LogP contribution in [-0.2, 0) is 0 Å². The van der Waals surface area contributed by atoms with Crippen molar-refractivity contribution in [3.8, 4) is 0 Å². The lowest BCUT2D eigenvalue weighted by Crippen LogP contribution is -2.36. The fourth-order valence-electron chi connectivity index (χ4n) is 1.79. The van der Waals surface area contributed by atoms with E-state index in [9.17, 15) is 0 Å². The van der Waals surface area contributed by atoms with E-state index in [0.29, 0.717) is 6.04 Å². The minimum Gasteiger partial charge on any atom is -0.314 e. The Hall–Kier alpha value is -0.0400. The summed E-state index contributed by atoms with van der Waals surface area (Å²) in [5, 5.41) is 3.69. The predicted molar refractivity (Wildman–Crippen MR) is 74.7 cm³/mol. The van der Waals surface area contributed by atoms with E-state index in [4.69, 9.17) is 0 Å². The minimum atomic E-state index is 0.639. The van der Waals surface area contributed by atoms with E-state index in [2.05, 4.69) is 53.8 Å². The number of hydrogen-bond donors (Lipinski definition) is 1. The van der Waals surface area contributed by atoms with Gasteiger partial charge in [0, 0.05) is 6.04 Å². The molecule has 0 spiro atoms. The van der Waals surface area contributed by atoms with Gasteiger partial charge in [-0.2, -0.15) is 0 Å². The molecule has 0 aliphatic rings. The van der Waals surface area contributed by atoms with Crippen molar-refractivity contribution in [3.05, 3.63) is 0 Å². The molecule has 0 fully saturated rings. The van der Waals surface area contributed by atoms with Crippen molar-refractivity contribution < 1.29 is 0 Å². The summed E-state index contributed by atoms with van der Waals surface area (Å²) < 4.78 is 0. The highest BCUT2D eigenvalue weighted by Crippen LogP contribution is 2.19. The van der Waals surface area contributed by atoms with E-state index in [1.807, 2.05) is 0 Å². The number of nitrogens with one attached hydrogen (secondary N) is 1. The van der Waals surface area contributed by atoms with Crippen LogP contribution >= 0.6 is 0 Å². The second-order valence-electron chi connectivity index (χ2n) is 6.42. The van der Waals surface area contributed by atoms with Gasteiger partial charge in [-0.3, -0.25) is 0 Å². The third-order valence-corrected chi connectivity index (χ3v) is 3.76. The highest BCUT2D eigenvalue weighted by Gasteiger charge is 2.15. The lowest BCUT2D eigenvalue weighted by Gasteiger charge is -2.26. The Bertz CT molecular complexity index is 161. The molecule has 0 saturated carbocycles. The van der Waals surface area contributed by atoms with Crippen LogP contribution in [0.2, 0.25) is 0 Å². The molecule has 0 amide bonds. The first-order valence-electron chi connectivity index (χ1n) is 7.08. The van der Waals surface area contributed by atoms with Crippen molar-refractivity contribution >= 4 is 0 Å². The fourth-order valence-corrected chi connectivity index (χ4v) is 1.79. The van der Waals surface area contributed by atoms with Gasteiger partial charge >= 0.3 is 0 Å². The molecule has 0 aliphatic carbocycles.